The van der Waals surface area contributed by atoms with Crippen molar-refractivity contribution < 1.29 is 29.9 Å². The van der Waals surface area contributed by atoms with Crippen LogP contribution in [-0.4, -0.2) is 33.4 Å². The van der Waals surface area contributed by atoms with Gasteiger partial charge in [0.15, 0.2) is 23.0 Å². The van der Waals surface area contributed by atoms with E-state index in [-0.39, 0.29) is 27.4 Å². The second-order valence-electron chi connectivity index (χ2n) is 12.3. The largest absolute Gasteiger partial charge is 0.506 e. The van der Waals surface area contributed by atoms with Gasteiger partial charge in [0.2, 0.25) is 0 Å². The second kappa shape index (κ2) is 9.83. The third-order valence-corrected chi connectivity index (χ3v) is 9.72. The second-order valence-corrected chi connectivity index (χ2v) is 12.3. The van der Waals surface area contributed by atoms with Gasteiger partial charge in [-0.1, -0.05) is 84.3 Å². The fourth-order valence-corrected chi connectivity index (χ4v) is 7.38. The Kier molecular flexibility index (Phi) is 5.72. The summed E-state index contributed by atoms with van der Waals surface area (Å²) in [4.78, 5) is 0. The van der Waals surface area contributed by atoms with Crippen molar-refractivity contribution in [2.24, 2.45) is 0 Å². The zero-order valence-corrected chi connectivity index (χ0v) is 25.5. The van der Waals surface area contributed by atoms with Gasteiger partial charge in [-0.2, -0.15) is 0 Å². The first kappa shape index (κ1) is 27.9. The van der Waals surface area contributed by atoms with Gasteiger partial charge in [0.05, 0.1) is 10.9 Å². The lowest BCUT2D eigenvalue weighted by Gasteiger charge is -2.21. The molecule has 2 radical (unpaired) electrons. The molecular formula is C41H25BO6. The number of aromatic hydroxyl groups is 5. The minimum atomic E-state index is -0.650. The zero-order chi connectivity index (χ0) is 33.0. The lowest BCUT2D eigenvalue weighted by Crippen LogP contribution is -2.10. The Labute approximate surface area is 274 Å². The molecule has 0 fully saturated rings. The molecule has 0 bridgehead atoms. The number of phenolic OH excluding ortho intramolecular Hbond substituents is 5. The van der Waals surface area contributed by atoms with Gasteiger partial charge in [-0.05, 0) is 80.2 Å². The molecule has 0 amide bonds. The number of hydrogen-bond acceptors (Lipinski definition) is 6. The number of furan rings is 1. The first-order chi connectivity index (χ1) is 23.2. The summed E-state index contributed by atoms with van der Waals surface area (Å²) in [6.07, 6.45) is 0. The van der Waals surface area contributed by atoms with Crippen LogP contribution in [0.25, 0.3) is 87.3 Å². The minimum Gasteiger partial charge on any atom is -0.506 e. The molecule has 0 spiro atoms. The first-order valence-corrected chi connectivity index (χ1v) is 15.4. The van der Waals surface area contributed by atoms with Crippen molar-refractivity contribution in [1.29, 1.82) is 0 Å². The van der Waals surface area contributed by atoms with Crippen LogP contribution in [0.15, 0.2) is 108 Å². The normalized spacial score (nSPS) is 11.9. The molecule has 48 heavy (non-hydrogen) atoms. The van der Waals surface area contributed by atoms with Crippen molar-refractivity contribution in [3.63, 3.8) is 0 Å². The van der Waals surface area contributed by atoms with E-state index < -0.39 is 28.7 Å². The molecule has 0 saturated carbocycles. The third kappa shape index (κ3) is 3.64. The van der Waals surface area contributed by atoms with E-state index in [1.54, 1.807) is 0 Å². The highest BCUT2D eigenvalue weighted by molar-refractivity contribution is 6.42. The predicted molar refractivity (Wildman–Crippen MR) is 193 cm³/mol. The number of benzene rings is 8. The maximum Gasteiger partial charge on any atom is 0.169 e. The summed E-state index contributed by atoms with van der Waals surface area (Å²) in [6.45, 7) is 1.47. The van der Waals surface area contributed by atoms with Crippen LogP contribution in [0.3, 0.4) is 0 Å². The molecule has 0 aliphatic rings. The van der Waals surface area contributed by atoms with E-state index in [2.05, 4.69) is 36.4 Å². The molecule has 0 unspecified atom stereocenters. The number of rotatable bonds is 2. The molecule has 0 aliphatic carbocycles. The smallest absolute Gasteiger partial charge is 0.169 e. The summed E-state index contributed by atoms with van der Waals surface area (Å²) >= 11 is 0. The van der Waals surface area contributed by atoms with Gasteiger partial charge in [-0.25, -0.2) is 0 Å². The van der Waals surface area contributed by atoms with Crippen molar-refractivity contribution in [2.75, 3.05) is 0 Å². The van der Waals surface area contributed by atoms with Crippen molar-refractivity contribution in [3.8, 4) is 51.0 Å². The maximum atomic E-state index is 11.8. The van der Waals surface area contributed by atoms with Gasteiger partial charge in [-0.3, -0.25) is 0 Å². The molecule has 0 aliphatic heterocycles. The van der Waals surface area contributed by atoms with Crippen LogP contribution in [0.4, 0.5) is 0 Å². The lowest BCUT2D eigenvalue weighted by atomic mass is 9.81. The van der Waals surface area contributed by atoms with Gasteiger partial charge < -0.3 is 29.9 Å². The molecule has 228 valence electrons. The quantitative estimate of drug-likeness (QED) is 0.0567. The molecule has 9 aromatic rings. The molecule has 6 nitrogen and oxygen atoms in total. The van der Waals surface area contributed by atoms with Gasteiger partial charge in [0.25, 0.3) is 0 Å². The highest BCUT2D eigenvalue weighted by Gasteiger charge is 2.29. The van der Waals surface area contributed by atoms with E-state index in [4.69, 9.17) is 12.3 Å². The van der Waals surface area contributed by atoms with Crippen LogP contribution in [-0.2, 0) is 0 Å². The van der Waals surface area contributed by atoms with Crippen LogP contribution < -0.4 is 5.46 Å². The minimum absolute atomic E-state index is 0.0749. The first-order valence-electron chi connectivity index (χ1n) is 15.4. The van der Waals surface area contributed by atoms with Crippen LogP contribution in [0, 0.1) is 6.92 Å². The molecule has 7 heteroatoms. The Morgan fingerprint density at radius 1 is 0.458 bits per heavy atom. The molecule has 8 aromatic carbocycles. The SMILES string of the molecule is [B]c1c(C)c(O)c(O)c2c(O)c(-c3c4ccccc4c(-c4ccc5c(c4)oc4cc6ccccc6cc45)c4ccccc34)c(O)c(O)c12. The molecule has 0 saturated heterocycles. The van der Waals surface area contributed by atoms with E-state index in [1.807, 2.05) is 66.7 Å². The van der Waals surface area contributed by atoms with Crippen molar-refractivity contribution in [1.82, 2.24) is 0 Å². The zero-order valence-electron chi connectivity index (χ0n) is 25.5. The monoisotopic (exact) mass is 624 g/mol. The molecule has 5 N–H and O–H groups in total. The molecule has 1 aromatic heterocycles. The van der Waals surface area contributed by atoms with Crippen LogP contribution in [0.5, 0.6) is 28.7 Å². The van der Waals surface area contributed by atoms with E-state index in [0.717, 1.165) is 54.6 Å². The average Bonchev–Trinajstić information content (AvgIpc) is 3.46. The summed E-state index contributed by atoms with van der Waals surface area (Å²) in [5.41, 5.74) is 3.74. The van der Waals surface area contributed by atoms with Gasteiger partial charge in [0, 0.05) is 21.7 Å². The Balaban J connectivity index is 1.38. The number of phenols is 5. The van der Waals surface area contributed by atoms with Crippen molar-refractivity contribution in [3.05, 3.63) is 109 Å². The highest BCUT2D eigenvalue weighted by atomic mass is 16.3. The Hall–Kier alpha value is -6.34. The third-order valence-electron chi connectivity index (χ3n) is 9.72. The van der Waals surface area contributed by atoms with E-state index in [1.165, 1.54) is 6.92 Å². The van der Waals surface area contributed by atoms with Crippen molar-refractivity contribution >= 4 is 78.3 Å². The predicted octanol–water partition coefficient (Wildman–Crippen LogP) is 9.16. The van der Waals surface area contributed by atoms with Crippen molar-refractivity contribution in [2.45, 2.75) is 6.92 Å². The summed E-state index contributed by atoms with van der Waals surface area (Å²) in [7, 11) is 6.21. The topological polar surface area (TPSA) is 114 Å². The summed E-state index contributed by atoms with van der Waals surface area (Å²) in [6, 6.07) is 33.8. The van der Waals surface area contributed by atoms with E-state index in [0.29, 0.717) is 16.3 Å². The fourth-order valence-electron chi connectivity index (χ4n) is 7.38. The van der Waals surface area contributed by atoms with Crippen LogP contribution in [0.1, 0.15) is 5.56 Å². The Morgan fingerprint density at radius 3 is 1.65 bits per heavy atom. The fraction of sp³-hybridized carbons (Fsp3) is 0.0244. The highest BCUT2D eigenvalue weighted by Crippen LogP contribution is 2.56. The lowest BCUT2D eigenvalue weighted by molar-refractivity contribution is 0.396. The molecule has 0 atom stereocenters. The van der Waals surface area contributed by atoms with Gasteiger partial charge in [-0.15, -0.1) is 0 Å². The molecule has 9 rings (SSSR count). The van der Waals surface area contributed by atoms with E-state index >= 15 is 0 Å². The summed E-state index contributed by atoms with van der Waals surface area (Å²) in [5, 5.41) is 63.1. The Morgan fingerprint density at radius 2 is 1.00 bits per heavy atom. The average molecular weight is 624 g/mol. The number of hydrogen-bond donors (Lipinski definition) is 5. The van der Waals surface area contributed by atoms with Crippen LogP contribution in [0.2, 0.25) is 0 Å². The van der Waals surface area contributed by atoms with Crippen LogP contribution >= 0.6 is 0 Å². The standard InChI is InChI=1S/C41H25BO6/c1-19-36(42)33-35(40(46)37(19)43)38(44)34(41(47)39(33)45)32-26-12-6-4-10-24(26)31(25-11-5-7-13-27(25)32)22-14-15-23-28-16-20-8-2-3-9-21(20)17-30(28)48-29(23)18-22/h2-18,43-47H,1H3. The van der Waals surface area contributed by atoms with E-state index in [9.17, 15) is 25.5 Å². The summed E-state index contributed by atoms with van der Waals surface area (Å²) < 4.78 is 6.42. The molecule has 1 heterocycles. The number of fused-ring (bicyclic) bond motifs is 7. The molecular weight excluding hydrogens is 599 g/mol. The van der Waals surface area contributed by atoms with Gasteiger partial charge >= 0.3 is 0 Å². The maximum absolute atomic E-state index is 11.8. The Bertz CT molecular complexity index is 2810. The summed E-state index contributed by atoms with van der Waals surface area (Å²) in [5.74, 6) is -2.92. The van der Waals surface area contributed by atoms with Gasteiger partial charge in [0.1, 0.15) is 24.8 Å².